The molecule has 1 aromatic rings. The zero-order valence-corrected chi connectivity index (χ0v) is 8.04. The Morgan fingerprint density at radius 2 is 1.75 bits per heavy atom. The molecular formula is C10H17N2+. The molecule has 1 aromatic carbocycles. The lowest BCUT2D eigenvalue weighted by molar-refractivity contribution is -0.883. The molecule has 0 saturated carbocycles. The van der Waals surface area contributed by atoms with Crippen molar-refractivity contribution in [3.05, 3.63) is 29.8 Å². The Morgan fingerprint density at radius 1 is 1.17 bits per heavy atom. The van der Waals surface area contributed by atoms with Crippen LogP contribution in [0.3, 0.4) is 0 Å². The molecule has 0 saturated heterocycles. The maximum atomic E-state index is 5.82. The van der Waals surface area contributed by atoms with Crippen LogP contribution in [-0.2, 0) is 6.54 Å². The number of hydrogen-bond donors (Lipinski definition) is 1. The summed E-state index contributed by atoms with van der Waals surface area (Å²) in [5.41, 5.74) is 7.94. The van der Waals surface area contributed by atoms with E-state index in [1.54, 1.807) is 0 Å². The fraction of sp³-hybridized carbons (Fsp3) is 0.400. The van der Waals surface area contributed by atoms with Gasteiger partial charge in [-0.3, -0.25) is 0 Å². The second-order valence-corrected chi connectivity index (χ2v) is 4.15. The van der Waals surface area contributed by atoms with E-state index < -0.39 is 0 Å². The SMILES string of the molecule is C[N+](C)(C)Cc1ccccc1N. The van der Waals surface area contributed by atoms with Crippen molar-refractivity contribution in [1.82, 2.24) is 0 Å². The van der Waals surface area contributed by atoms with Gasteiger partial charge < -0.3 is 10.2 Å². The van der Waals surface area contributed by atoms with Crippen LogP contribution in [0.5, 0.6) is 0 Å². The first kappa shape index (κ1) is 9.07. The molecule has 0 amide bonds. The molecule has 0 fully saturated rings. The van der Waals surface area contributed by atoms with Crippen LogP contribution in [0.2, 0.25) is 0 Å². The summed E-state index contributed by atoms with van der Waals surface area (Å²) in [4.78, 5) is 0. The van der Waals surface area contributed by atoms with Crippen molar-refractivity contribution in [1.29, 1.82) is 0 Å². The Kier molecular flexibility index (Phi) is 2.38. The summed E-state index contributed by atoms with van der Waals surface area (Å²) in [5, 5.41) is 0. The van der Waals surface area contributed by atoms with Gasteiger partial charge in [0.2, 0.25) is 0 Å². The van der Waals surface area contributed by atoms with Crippen molar-refractivity contribution in [2.24, 2.45) is 0 Å². The van der Waals surface area contributed by atoms with Gasteiger partial charge in [-0.2, -0.15) is 0 Å². The van der Waals surface area contributed by atoms with Crippen LogP contribution in [0.15, 0.2) is 24.3 Å². The van der Waals surface area contributed by atoms with Gasteiger partial charge in [0.05, 0.1) is 21.1 Å². The molecule has 0 radical (unpaired) electrons. The Labute approximate surface area is 74.2 Å². The van der Waals surface area contributed by atoms with Gasteiger partial charge in [-0.1, -0.05) is 18.2 Å². The van der Waals surface area contributed by atoms with E-state index in [9.17, 15) is 0 Å². The summed E-state index contributed by atoms with van der Waals surface area (Å²) in [5.74, 6) is 0. The summed E-state index contributed by atoms with van der Waals surface area (Å²) in [6.07, 6.45) is 0. The lowest BCUT2D eigenvalue weighted by atomic mass is 10.1. The van der Waals surface area contributed by atoms with E-state index in [0.29, 0.717) is 0 Å². The third-order valence-corrected chi connectivity index (χ3v) is 1.70. The number of anilines is 1. The fourth-order valence-corrected chi connectivity index (χ4v) is 1.19. The lowest BCUT2D eigenvalue weighted by Gasteiger charge is -2.24. The van der Waals surface area contributed by atoms with Crippen LogP contribution >= 0.6 is 0 Å². The van der Waals surface area contributed by atoms with Crippen molar-refractivity contribution in [3.63, 3.8) is 0 Å². The predicted octanol–water partition coefficient (Wildman–Crippen LogP) is 1.48. The number of quaternary nitrogens is 1. The van der Waals surface area contributed by atoms with Crippen LogP contribution in [0.1, 0.15) is 5.56 Å². The fourth-order valence-electron chi connectivity index (χ4n) is 1.19. The number of rotatable bonds is 2. The van der Waals surface area contributed by atoms with Gasteiger partial charge in [0.25, 0.3) is 0 Å². The first-order valence-corrected chi connectivity index (χ1v) is 4.13. The van der Waals surface area contributed by atoms with Gasteiger partial charge in [-0.05, 0) is 6.07 Å². The van der Waals surface area contributed by atoms with E-state index >= 15 is 0 Å². The Morgan fingerprint density at radius 3 is 2.25 bits per heavy atom. The number of nitrogens with two attached hydrogens (primary N) is 1. The zero-order valence-electron chi connectivity index (χ0n) is 8.04. The van der Waals surface area contributed by atoms with E-state index in [0.717, 1.165) is 16.7 Å². The molecule has 0 bridgehead atoms. The molecular weight excluding hydrogens is 148 g/mol. The highest BCUT2D eigenvalue weighted by Gasteiger charge is 2.09. The highest BCUT2D eigenvalue weighted by molar-refractivity contribution is 5.45. The van der Waals surface area contributed by atoms with Gasteiger partial charge in [0, 0.05) is 11.3 Å². The Hall–Kier alpha value is -1.02. The third-order valence-electron chi connectivity index (χ3n) is 1.70. The van der Waals surface area contributed by atoms with Crippen LogP contribution in [-0.4, -0.2) is 25.6 Å². The number of nitrogens with zero attached hydrogens (tertiary/aromatic N) is 1. The molecule has 2 heteroatoms. The minimum absolute atomic E-state index is 0.894. The second kappa shape index (κ2) is 3.15. The summed E-state index contributed by atoms with van der Waals surface area (Å²) in [6.45, 7) is 0.979. The van der Waals surface area contributed by atoms with Crippen molar-refractivity contribution in [3.8, 4) is 0 Å². The number of nitrogen functional groups attached to an aromatic ring is 1. The van der Waals surface area contributed by atoms with E-state index in [2.05, 4.69) is 27.2 Å². The normalized spacial score (nSPS) is 11.6. The smallest absolute Gasteiger partial charge is 0.106 e. The molecule has 0 atom stereocenters. The summed E-state index contributed by atoms with van der Waals surface area (Å²) in [7, 11) is 6.48. The lowest BCUT2D eigenvalue weighted by Crippen LogP contribution is -2.33. The average molecular weight is 165 g/mol. The highest BCUT2D eigenvalue weighted by Crippen LogP contribution is 2.14. The first-order chi connectivity index (χ1) is 5.49. The Bertz CT molecular complexity index is 261. The van der Waals surface area contributed by atoms with E-state index in [1.807, 2.05) is 18.2 Å². The molecule has 2 N–H and O–H groups in total. The number of hydrogen-bond acceptors (Lipinski definition) is 1. The van der Waals surface area contributed by atoms with Gasteiger partial charge in [0.15, 0.2) is 0 Å². The molecule has 66 valence electrons. The predicted molar refractivity (Wildman–Crippen MR) is 52.6 cm³/mol. The topological polar surface area (TPSA) is 26.0 Å². The van der Waals surface area contributed by atoms with Crippen molar-refractivity contribution < 1.29 is 4.48 Å². The van der Waals surface area contributed by atoms with Crippen molar-refractivity contribution in [2.45, 2.75) is 6.54 Å². The molecule has 0 aliphatic carbocycles. The molecule has 0 aliphatic rings. The number of para-hydroxylation sites is 1. The largest absolute Gasteiger partial charge is 0.398 e. The molecule has 1 rings (SSSR count). The molecule has 0 spiro atoms. The molecule has 0 heterocycles. The van der Waals surface area contributed by atoms with Crippen LogP contribution in [0, 0.1) is 0 Å². The highest BCUT2D eigenvalue weighted by atomic mass is 15.3. The molecule has 0 unspecified atom stereocenters. The molecule has 0 aliphatic heterocycles. The Balaban J connectivity index is 2.83. The molecule has 2 nitrogen and oxygen atoms in total. The van der Waals surface area contributed by atoms with Gasteiger partial charge in [-0.15, -0.1) is 0 Å². The molecule has 12 heavy (non-hydrogen) atoms. The van der Waals surface area contributed by atoms with Gasteiger partial charge >= 0.3 is 0 Å². The van der Waals surface area contributed by atoms with Crippen molar-refractivity contribution in [2.75, 3.05) is 26.9 Å². The minimum Gasteiger partial charge on any atom is -0.398 e. The molecule has 0 aromatic heterocycles. The van der Waals surface area contributed by atoms with E-state index in [4.69, 9.17) is 5.73 Å². The van der Waals surface area contributed by atoms with E-state index in [-0.39, 0.29) is 0 Å². The third kappa shape index (κ3) is 2.55. The first-order valence-electron chi connectivity index (χ1n) is 4.13. The minimum atomic E-state index is 0.894. The van der Waals surface area contributed by atoms with Gasteiger partial charge in [-0.25, -0.2) is 0 Å². The van der Waals surface area contributed by atoms with Crippen LogP contribution in [0.4, 0.5) is 5.69 Å². The maximum Gasteiger partial charge on any atom is 0.106 e. The van der Waals surface area contributed by atoms with Crippen LogP contribution < -0.4 is 5.73 Å². The monoisotopic (exact) mass is 165 g/mol. The van der Waals surface area contributed by atoms with Crippen molar-refractivity contribution >= 4 is 5.69 Å². The second-order valence-electron chi connectivity index (χ2n) is 4.15. The summed E-state index contributed by atoms with van der Waals surface area (Å²) < 4.78 is 0.911. The summed E-state index contributed by atoms with van der Waals surface area (Å²) >= 11 is 0. The zero-order chi connectivity index (χ0) is 9.19. The van der Waals surface area contributed by atoms with Gasteiger partial charge in [0.1, 0.15) is 6.54 Å². The standard InChI is InChI=1S/C10H17N2/c1-12(2,3)8-9-6-4-5-7-10(9)11/h4-7H,8,11H2,1-3H3/q+1. The van der Waals surface area contributed by atoms with Crippen LogP contribution in [0.25, 0.3) is 0 Å². The summed E-state index contributed by atoms with van der Waals surface area (Å²) in [6, 6.07) is 8.03. The average Bonchev–Trinajstić information content (AvgIpc) is 1.91. The van der Waals surface area contributed by atoms with E-state index in [1.165, 1.54) is 5.56 Å². The maximum absolute atomic E-state index is 5.82. The quantitative estimate of drug-likeness (QED) is 0.521. The number of benzene rings is 1.